The van der Waals surface area contributed by atoms with Crippen molar-refractivity contribution >= 4 is 0 Å². The van der Waals surface area contributed by atoms with Crippen LogP contribution in [-0.4, -0.2) is 26.4 Å². The van der Waals surface area contributed by atoms with Crippen LogP contribution in [0.3, 0.4) is 0 Å². The number of rotatable bonds is 8. The Balaban J connectivity index is 2.85. The van der Waals surface area contributed by atoms with Crippen molar-refractivity contribution in [3.63, 3.8) is 0 Å². The van der Waals surface area contributed by atoms with Crippen molar-refractivity contribution in [1.82, 2.24) is 0 Å². The molecule has 0 atom stereocenters. The van der Waals surface area contributed by atoms with Gasteiger partial charge in [-0.1, -0.05) is 11.8 Å². The molecule has 0 N–H and O–H groups in total. The van der Waals surface area contributed by atoms with E-state index in [2.05, 4.69) is 11.8 Å². The van der Waals surface area contributed by atoms with Gasteiger partial charge < -0.3 is 9.47 Å². The maximum Gasteiger partial charge on any atom is 0.107 e. The lowest BCUT2D eigenvalue weighted by Gasteiger charge is -2.01. The van der Waals surface area contributed by atoms with Gasteiger partial charge in [-0.05, 0) is 19.3 Å². The molecule has 0 aromatic carbocycles. The molecule has 0 fully saturated rings. The summed E-state index contributed by atoms with van der Waals surface area (Å²) in [6.45, 7) is 2.29. The van der Waals surface area contributed by atoms with Crippen LogP contribution < -0.4 is 0 Å². The molecule has 0 amide bonds. The lowest BCUT2D eigenvalue weighted by molar-refractivity contribution is 0.144. The number of unbranched alkanes of at least 4 members (excludes halogenated alkanes) is 2. The predicted octanol–water partition coefficient (Wildman–Crippen LogP) is 1.46. The molecule has 0 heterocycles. The molecule has 0 aliphatic carbocycles. The van der Waals surface area contributed by atoms with Gasteiger partial charge in [-0.15, -0.1) is 12.8 Å². The highest BCUT2D eigenvalue weighted by molar-refractivity contribution is 4.83. The topological polar surface area (TPSA) is 18.5 Å². The molecule has 0 spiro atoms. The maximum atomic E-state index is 5.10. The highest BCUT2D eigenvalue weighted by atomic mass is 16.5. The molecule has 72 valence electrons. The summed E-state index contributed by atoms with van der Waals surface area (Å²) in [6.07, 6.45) is 13.2. The predicted molar refractivity (Wildman–Crippen MR) is 53.2 cm³/mol. The number of hydrogen-bond acceptors (Lipinski definition) is 2. The summed E-state index contributed by atoms with van der Waals surface area (Å²) < 4.78 is 10.2. The van der Waals surface area contributed by atoms with Crippen LogP contribution in [0.1, 0.15) is 19.3 Å². The van der Waals surface area contributed by atoms with Crippen molar-refractivity contribution in [2.24, 2.45) is 0 Å². The molecule has 0 saturated carbocycles. The Labute approximate surface area is 80.6 Å². The van der Waals surface area contributed by atoms with E-state index in [1.165, 1.54) is 0 Å². The number of terminal acetylenes is 2. The van der Waals surface area contributed by atoms with Gasteiger partial charge in [-0.3, -0.25) is 0 Å². The van der Waals surface area contributed by atoms with E-state index in [0.717, 1.165) is 32.5 Å². The maximum absolute atomic E-state index is 5.10. The van der Waals surface area contributed by atoms with Crippen LogP contribution in [0.15, 0.2) is 0 Å². The van der Waals surface area contributed by atoms with Crippen LogP contribution in [0.5, 0.6) is 0 Å². The lowest BCUT2D eigenvalue weighted by Crippen LogP contribution is -1.97. The first-order chi connectivity index (χ1) is 6.41. The van der Waals surface area contributed by atoms with Crippen LogP contribution in [0.2, 0.25) is 0 Å². The second-order valence-electron chi connectivity index (χ2n) is 2.57. The number of ether oxygens (including phenoxy) is 2. The molecule has 0 rings (SSSR count). The molecule has 0 bridgehead atoms. The molecular formula is C11H16O2. The highest BCUT2D eigenvalue weighted by Gasteiger charge is 1.89. The summed E-state index contributed by atoms with van der Waals surface area (Å²) in [4.78, 5) is 0. The van der Waals surface area contributed by atoms with Gasteiger partial charge in [0.25, 0.3) is 0 Å². The Hall–Kier alpha value is -0.960. The SMILES string of the molecule is C#CCOCCCCCOCC#C. The average molecular weight is 180 g/mol. The second kappa shape index (κ2) is 11.0. The minimum absolute atomic E-state index is 0.410. The fourth-order valence-electron chi connectivity index (χ4n) is 0.847. The first kappa shape index (κ1) is 12.0. The zero-order chi connectivity index (χ0) is 9.78. The van der Waals surface area contributed by atoms with Gasteiger partial charge in [0.2, 0.25) is 0 Å². The Kier molecular flexibility index (Phi) is 10.2. The van der Waals surface area contributed by atoms with E-state index in [1.54, 1.807) is 0 Å². The zero-order valence-corrected chi connectivity index (χ0v) is 7.92. The summed E-state index contributed by atoms with van der Waals surface area (Å²) in [7, 11) is 0. The van der Waals surface area contributed by atoms with E-state index in [1.807, 2.05) is 0 Å². The van der Waals surface area contributed by atoms with Crippen LogP contribution in [0.25, 0.3) is 0 Å². The minimum atomic E-state index is 0.410. The van der Waals surface area contributed by atoms with E-state index in [-0.39, 0.29) is 0 Å². The van der Waals surface area contributed by atoms with Crippen LogP contribution in [0.4, 0.5) is 0 Å². The molecule has 0 aliphatic heterocycles. The Morgan fingerprint density at radius 3 is 1.62 bits per heavy atom. The molecule has 0 unspecified atom stereocenters. The molecule has 2 nitrogen and oxygen atoms in total. The van der Waals surface area contributed by atoms with E-state index in [0.29, 0.717) is 13.2 Å². The van der Waals surface area contributed by atoms with Crippen LogP contribution in [-0.2, 0) is 9.47 Å². The molecule has 0 aromatic rings. The normalized spacial score (nSPS) is 9.08. The molecule has 0 radical (unpaired) electrons. The summed E-state index contributed by atoms with van der Waals surface area (Å²) in [6, 6.07) is 0. The summed E-state index contributed by atoms with van der Waals surface area (Å²) in [5.41, 5.74) is 0. The number of hydrogen-bond donors (Lipinski definition) is 0. The summed E-state index contributed by atoms with van der Waals surface area (Å²) in [5.74, 6) is 4.83. The first-order valence-electron chi connectivity index (χ1n) is 4.44. The second-order valence-corrected chi connectivity index (χ2v) is 2.57. The van der Waals surface area contributed by atoms with Gasteiger partial charge in [0.15, 0.2) is 0 Å². The standard InChI is InChI=1S/C11H16O2/c1-3-8-12-10-6-5-7-11-13-9-4-2/h1-2H,5-11H2. The third-order valence-corrected chi connectivity index (χ3v) is 1.45. The fraction of sp³-hybridized carbons (Fsp3) is 0.636. The Morgan fingerprint density at radius 2 is 1.23 bits per heavy atom. The van der Waals surface area contributed by atoms with Gasteiger partial charge in [0.05, 0.1) is 0 Å². The molecule has 2 heteroatoms. The van der Waals surface area contributed by atoms with Gasteiger partial charge in [0, 0.05) is 13.2 Å². The molecule has 0 saturated heterocycles. The quantitative estimate of drug-likeness (QED) is 0.416. The van der Waals surface area contributed by atoms with E-state index in [9.17, 15) is 0 Å². The minimum Gasteiger partial charge on any atom is -0.369 e. The molecule has 0 aliphatic rings. The third-order valence-electron chi connectivity index (χ3n) is 1.45. The first-order valence-corrected chi connectivity index (χ1v) is 4.44. The molecule has 13 heavy (non-hydrogen) atoms. The Morgan fingerprint density at radius 1 is 0.769 bits per heavy atom. The van der Waals surface area contributed by atoms with Crippen LogP contribution >= 0.6 is 0 Å². The van der Waals surface area contributed by atoms with Crippen molar-refractivity contribution < 1.29 is 9.47 Å². The van der Waals surface area contributed by atoms with E-state index in [4.69, 9.17) is 22.3 Å². The monoisotopic (exact) mass is 180 g/mol. The third kappa shape index (κ3) is 11.0. The highest BCUT2D eigenvalue weighted by Crippen LogP contribution is 1.96. The smallest absolute Gasteiger partial charge is 0.107 e. The van der Waals surface area contributed by atoms with Crippen molar-refractivity contribution in [1.29, 1.82) is 0 Å². The van der Waals surface area contributed by atoms with E-state index < -0.39 is 0 Å². The average Bonchev–Trinajstić information content (AvgIpc) is 2.16. The summed E-state index contributed by atoms with van der Waals surface area (Å²) >= 11 is 0. The Bertz CT molecular complexity index is 154. The lowest BCUT2D eigenvalue weighted by atomic mass is 10.2. The van der Waals surface area contributed by atoms with Crippen LogP contribution in [0, 0.1) is 24.7 Å². The van der Waals surface area contributed by atoms with Gasteiger partial charge >= 0.3 is 0 Å². The van der Waals surface area contributed by atoms with Gasteiger partial charge in [-0.25, -0.2) is 0 Å². The summed E-state index contributed by atoms with van der Waals surface area (Å²) in [5, 5.41) is 0. The van der Waals surface area contributed by atoms with Gasteiger partial charge in [-0.2, -0.15) is 0 Å². The van der Waals surface area contributed by atoms with Crippen molar-refractivity contribution in [3.05, 3.63) is 0 Å². The zero-order valence-electron chi connectivity index (χ0n) is 7.92. The molecule has 0 aromatic heterocycles. The molecular weight excluding hydrogens is 164 g/mol. The van der Waals surface area contributed by atoms with Crippen molar-refractivity contribution in [2.45, 2.75) is 19.3 Å². The van der Waals surface area contributed by atoms with E-state index >= 15 is 0 Å². The fourth-order valence-corrected chi connectivity index (χ4v) is 0.847. The van der Waals surface area contributed by atoms with Gasteiger partial charge in [0.1, 0.15) is 13.2 Å². The van der Waals surface area contributed by atoms with Crippen molar-refractivity contribution in [3.8, 4) is 24.7 Å². The largest absolute Gasteiger partial charge is 0.369 e. The van der Waals surface area contributed by atoms with Crippen molar-refractivity contribution in [2.75, 3.05) is 26.4 Å².